The summed E-state index contributed by atoms with van der Waals surface area (Å²) in [6.45, 7) is 5.18. The number of hydrogen-bond donors (Lipinski definition) is 1. The number of benzene rings is 1. The van der Waals surface area contributed by atoms with Crippen LogP contribution in [0.1, 0.15) is 44.4 Å². The summed E-state index contributed by atoms with van der Waals surface area (Å²) in [4.78, 5) is 31.4. The molecule has 154 valence electrons. The fraction of sp³-hybridized carbons (Fsp3) is 0.409. The second kappa shape index (κ2) is 10.6. The van der Waals surface area contributed by atoms with Gasteiger partial charge >= 0.3 is 0 Å². The van der Waals surface area contributed by atoms with Crippen molar-refractivity contribution in [1.29, 1.82) is 0 Å². The van der Waals surface area contributed by atoms with Crippen molar-refractivity contribution >= 4 is 39.9 Å². The Morgan fingerprint density at radius 2 is 2.03 bits per heavy atom. The van der Waals surface area contributed by atoms with E-state index in [0.717, 1.165) is 30.6 Å². The number of nitrogens with zero attached hydrogens (tertiary/aromatic N) is 2. The summed E-state index contributed by atoms with van der Waals surface area (Å²) in [5.41, 5.74) is 0.650. The summed E-state index contributed by atoms with van der Waals surface area (Å²) in [7, 11) is 0. The molecule has 1 unspecified atom stereocenters. The van der Waals surface area contributed by atoms with Gasteiger partial charge in [-0.3, -0.25) is 14.2 Å². The van der Waals surface area contributed by atoms with E-state index in [4.69, 9.17) is 4.98 Å². The number of thioether (sulfide) groups is 1. The highest BCUT2D eigenvalue weighted by molar-refractivity contribution is 8.00. The van der Waals surface area contributed by atoms with Gasteiger partial charge in [-0.1, -0.05) is 56.1 Å². The first kappa shape index (κ1) is 21.6. The highest BCUT2D eigenvalue weighted by Gasteiger charge is 2.19. The number of amides is 1. The first-order valence-electron chi connectivity index (χ1n) is 10.1. The summed E-state index contributed by atoms with van der Waals surface area (Å²) in [6, 6.07) is 11.4. The average Bonchev–Trinajstić information content (AvgIpc) is 3.25. The van der Waals surface area contributed by atoms with Gasteiger partial charge < -0.3 is 5.32 Å². The molecule has 0 fully saturated rings. The van der Waals surface area contributed by atoms with E-state index < -0.39 is 0 Å². The van der Waals surface area contributed by atoms with Crippen LogP contribution in [0.5, 0.6) is 0 Å². The van der Waals surface area contributed by atoms with Crippen molar-refractivity contribution < 1.29 is 4.79 Å². The Bertz CT molecular complexity index is 999. The van der Waals surface area contributed by atoms with Gasteiger partial charge in [-0.15, -0.1) is 11.3 Å². The third kappa shape index (κ3) is 5.70. The fourth-order valence-electron chi connectivity index (χ4n) is 3.07. The lowest BCUT2D eigenvalue weighted by Crippen LogP contribution is -2.31. The van der Waals surface area contributed by atoms with Crippen LogP contribution in [0.3, 0.4) is 0 Å². The second-order valence-electron chi connectivity index (χ2n) is 6.99. The fourth-order valence-corrected chi connectivity index (χ4v) is 4.68. The summed E-state index contributed by atoms with van der Waals surface area (Å²) in [5.74, 6) is -0.0525. The van der Waals surface area contributed by atoms with Crippen LogP contribution in [0, 0.1) is 0 Å². The van der Waals surface area contributed by atoms with E-state index in [1.807, 2.05) is 48.7 Å². The largest absolute Gasteiger partial charge is 0.350 e. The molecule has 0 saturated heterocycles. The number of hydrogen-bond acceptors (Lipinski definition) is 5. The third-order valence-corrected chi connectivity index (χ3v) is 6.70. The van der Waals surface area contributed by atoms with Crippen molar-refractivity contribution in [2.45, 2.75) is 63.0 Å². The lowest BCUT2D eigenvalue weighted by molar-refractivity contribution is -0.120. The molecule has 1 atom stereocenters. The normalized spacial score (nSPS) is 12.2. The Balaban J connectivity index is 1.78. The molecule has 3 aromatic rings. The van der Waals surface area contributed by atoms with Crippen molar-refractivity contribution in [2.75, 3.05) is 0 Å². The van der Waals surface area contributed by atoms with Crippen LogP contribution in [-0.4, -0.2) is 20.7 Å². The Morgan fingerprint density at radius 3 is 2.79 bits per heavy atom. The molecule has 29 heavy (non-hydrogen) atoms. The van der Waals surface area contributed by atoms with Crippen molar-refractivity contribution in [1.82, 2.24) is 14.9 Å². The standard InChI is InChI=1S/C22H27N3O2S2/c1-3-4-5-8-13-25-21(27)18-11-6-7-12-19(18)24-22(25)29-16(2)20(26)23-15-17-10-9-14-28-17/h6-7,9-12,14,16H,3-5,8,13,15H2,1-2H3,(H,23,26). The SMILES string of the molecule is CCCCCCn1c(SC(C)C(=O)NCc2cccs2)nc2ccccc2c1=O. The third-order valence-electron chi connectivity index (χ3n) is 4.73. The van der Waals surface area contributed by atoms with Crippen molar-refractivity contribution in [2.24, 2.45) is 0 Å². The van der Waals surface area contributed by atoms with E-state index in [-0.39, 0.29) is 16.7 Å². The van der Waals surface area contributed by atoms with Crippen LogP contribution in [-0.2, 0) is 17.9 Å². The Morgan fingerprint density at radius 1 is 1.21 bits per heavy atom. The maximum Gasteiger partial charge on any atom is 0.262 e. The van der Waals surface area contributed by atoms with Crippen LogP contribution >= 0.6 is 23.1 Å². The number of rotatable bonds is 10. The number of unbranched alkanes of at least 4 members (excludes halogenated alkanes) is 3. The summed E-state index contributed by atoms with van der Waals surface area (Å²) < 4.78 is 1.74. The lowest BCUT2D eigenvalue weighted by atomic mass is 10.2. The van der Waals surface area contributed by atoms with Gasteiger partial charge in [-0.25, -0.2) is 4.98 Å². The lowest BCUT2D eigenvalue weighted by Gasteiger charge is -2.16. The smallest absolute Gasteiger partial charge is 0.262 e. The highest BCUT2D eigenvalue weighted by atomic mass is 32.2. The monoisotopic (exact) mass is 429 g/mol. The van der Waals surface area contributed by atoms with Gasteiger partial charge in [-0.2, -0.15) is 0 Å². The van der Waals surface area contributed by atoms with Crippen LogP contribution in [0.25, 0.3) is 10.9 Å². The quantitative estimate of drug-likeness (QED) is 0.285. The van der Waals surface area contributed by atoms with Gasteiger partial charge in [0.25, 0.3) is 5.56 Å². The van der Waals surface area contributed by atoms with Gasteiger partial charge in [0, 0.05) is 11.4 Å². The molecule has 0 aliphatic carbocycles. The molecule has 0 radical (unpaired) electrons. The van der Waals surface area contributed by atoms with Gasteiger partial charge in [0.15, 0.2) is 5.16 Å². The molecule has 0 bridgehead atoms. The number of para-hydroxylation sites is 1. The number of carbonyl (C=O) groups excluding carboxylic acids is 1. The van der Waals surface area contributed by atoms with E-state index >= 15 is 0 Å². The van der Waals surface area contributed by atoms with E-state index in [2.05, 4.69) is 12.2 Å². The van der Waals surface area contributed by atoms with E-state index in [9.17, 15) is 9.59 Å². The minimum absolute atomic E-state index is 0.0270. The van der Waals surface area contributed by atoms with Gasteiger partial charge in [0.2, 0.25) is 5.91 Å². The predicted octanol–water partition coefficient (Wildman–Crippen LogP) is 4.84. The molecule has 7 heteroatoms. The van der Waals surface area contributed by atoms with Crippen LogP contribution in [0.2, 0.25) is 0 Å². The van der Waals surface area contributed by atoms with Crippen molar-refractivity contribution in [3.05, 3.63) is 57.0 Å². The molecule has 2 aromatic heterocycles. The highest BCUT2D eigenvalue weighted by Crippen LogP contribution is 2.23. The van der Waals surface area contributed by atoms with E-state index in [0.29, 0.717) is 29.1 Å². The molecule has 0 saturated carbocycles. The number of aromatic nitrogens is 2. The number of fused-ring (bicyclic) bond motifs is 1. The van der Waals surface area contributed by atoms with Gasteiger partial charge in [0.05, 0.1) is 22.7 Å². The number of thiophene rings is 1. The predicted molar refractivity (Wildman–Crippen MR) is 122 cm³/mol. The molecule has 3 rings (SSSR count). The van der Waals surface area contributed by atoms with Crippen LogP contribution in [0.4, 0.5) is 0 Å². The number of nitrogens with one attached hydrogen (secondary N) is 1. The Kier molecular flexibility index (Phi) is 7.89. The number of carbonyl (C=O) groups is 1. The maximum absolute atomic E-state index is 13.1. The first-order valence-corrected chi connectivity index (χ1v) is 11.8. The van der Waals surface area contributed by atoms with Crippen molar-refractivity contribution in [3.8, 4) is 0 Å². The summed E-state index contributed by atoms with van der Waals surface area (Å²) in [5, 5.41) is 5.87. The zero-order valence-corrected chi connectivity index (χ0v) is 18.5. The average molecular weight is 430 g/mol. The summed E-state index contributed by atoms with van der Waals surface area (Å²) in [6.07, 6.45) is 4.31. The molecule has 5 nitrogen and oxygen atoms in total. The maximum atomic E-state index is 13.1. The Labute approximate surface area is 179 Å². The van der Waals surface area contributed by atoms with Gasteiger partial charge in [0.1, 0.15) is 0 Å². The van der Waals surface area contributed by atoms with Crippen molar-refractivity contribution in [3.63, 3.8) is 0 Å². The Hall–Kier alpha value is -2.12. The zero-order valence-electron chi connectivity index (χ0n) is 16.9. The molecular formula is C22H27N3O2S2. The minimum atomic E-state index is -0.343. The summed E-state index contributed by atoms with van der Waals surface area (Å²) >= 11 is 2.97. The first-order chi connectivity index (χ1) is 14.1. The molecule has 1 N–H and O–H groups in total. The van der Waals surface area contributed by atoms with E-state index in [1.165, 1.54) is 11.8 Å². The van der Waals surface area contributed by atoms with Crippen LogP contribution < -0.4 is 10.9 Å². The molecule has 1 amide bonds. The molecule has 2 heterocycles. The molecule has 0 aliphatic heterocycles. The molecule has 0 aliphatic rings. The van der Waals surface area contributed by atoms with Gasteiger partial charge in [-0.05, 0) is 36.9 Å². The molecule has 0 spiro atoms. The second-order valence-corrected chi connectivity index (χ2v) is 9.33. The topological polar surface area (TPSA) is 64.0 Å². The minimum Gasteiger partial charge on any atom is -0.350 e. The molecular weight excluding hydrogens is 402 g/mol. The van der Waals surface area contributed by atoms with E-state index in [1.54, 1.807) is 15.9 Å². The van der Waals surface area contributed by atoms with Crippen LogP contribution in [0.15, 0.2) is 51.7 Å². The molecule has 1 aromatic carbocycles. The zero-order chi connectivity index (χ0) is 20.6.